The van der Waals surface area contributed by atoms with Gasteiger partial charge in [-0.1, -0.05) is 57.2 Å². The van der Waals surface area contributed by atoms with Gasteiger partial charge in [-0.15, -0.1) is 0 Å². The van der Waals surface area contributed by atoms with E-state index in [1.54, 1.807) is 6.08 Å². The highest BCUT2D eigenvalue weighted by Gasteiger charge is 2.62. The van der Waals surface area contributed by atoms with Gasteiger partial charge in [-0.25, -0.2) is 0 Å². The number of rotatable bonds is 7. The molecule has 37 heavy (non-hydrogen) atoms. The highest BCUT2D eigenvalue weighted by atomic mass is 16.4. The summed E-state index contributed by atoms with van der Waals surface area (Å²) >= 11 is 0. The quantitative estimate of drug-likeness (QED) is 0.385. The van der Waals surface area contributed by atoms with Crippen LogP contribution in [0.3, 0.4) is 0 Å². The number of carboxylic acid groups (broad SMARTS) is 1. The Morgan fingerprint density at radius 2 is 1.70 bits per heavy atom. The first-order valence-electron chi connectivity index (χ1n) is 14.8. The van der Waals surface area contributed by atoms with Crippen molar-refractivity contribution in [2.24, 2.45) is 46.3 Å². The monoisotopic (exact) mass is 506 g/mol. The first kappa shape index (κ1) is 26.7. The van der Waals surface area contributed by atoms with E-state index in [1.807, 2.05) is 36.4 Å². The third-order valence-electron chi connectivity index (χ3n) is 12.0. The predicted molar refractivity (Wildman–Crippen MR) is 147 cm³/mol. The molecule has 1 aromatic carbocycles. The molecule has 1 aromatic rings. The van der Waals surface area contributed by atoms with E-state index in [9.17, 15) is 19.8 Å². The molecule has 0 bridgehead atoms. The molecule has 202 valence electrons. The molecule has 0 spiro atoms. The first-order chi connectivity index (χ1) is 17.6. The Morgan fingerprint density at radius 3 is 2.43 bits per heavy atom. The van der Waals surface area contributed by atoms with Gasteiger partial charge in [0.05, 0.1) is 0 Å². The van der Waals surface area contributed by atoms with Gasteiger partial charge in [-0.2, -0.15) is 0 Å². The van der Waals surface area contributed by atoms with Gasteiger partial charge in [0.2, 0.25) is 0 Å². The van der Waals surface area contributed by atoms with E-state index in [0.29, 0.717) is 41.9 Å². The van der Waals surface area contributed by atoms with Crippen LogP contribution in [0.15, 0.2) is 36.4 Å². The van der Waals surface area contributed by atoms with Crippen LogP contribution >= 0.6 is 0 Å². The molecule has 4 aliphatic carbocycles. The summed E-state index contributed by atoms with van der Waals surface area (Å²) in [6.07, 6.45) is 13.9. The normalized spacial score (nSPS) is 42.0. The summed E-state index contributed by atoms with van der Waals surface area (Å²) in [5.41, 5.74) is 0.282. The molecule has 0 amide bonds. The van der Waals surface area contributed by atoms with Crippen LogP contribution in [-0.4, -0.2) is 27.6 Å². The van der Waals surface area contributed by atoms with Gasteiger partial charge in [0, 0.05) is 6.42 Å². The van der Waals surface area contributed by atoms with Crippen molar-refractivity contribution < 1.29 is 19.8 Å². The molecular formula is C33H46O4. The number of hydrogen-bond acceptors (Lipinski definition) is 3. The van der Waals surface area contributed by atoms with Crippen molar-refractivity contribution >= 4 is 17.8 Å². The second-order valence-electron chi connectivity index (χ2n) is 13.6. The first-order valence-corrected chi connectivity index (χ1v) is 14.8. The molecule has 1 unspecified atom stereocenters. The van der Waals surface area contributed by atoms with Gasteiger partial charge in [0.15, 0.2) is 5.78 Å². The highest BCUT2D eigenvalue weighted by Crippen LogP contribution is 2.69. The second-order valence-corrected chi connectivity index (χ2v) is 13.6. The molecule has 0 saturated heterocycles. The molecule has 4 saturated carbocycles. The van der Waals surface area contributed by atoms with Crippen LogP contribution in [0.25, 0.3) is 6.08 Å². The molecular weight excluding hydrogens is 460 g/mol. The average Bonchev–Trinajstić information content (AvgIpc) is 3.24. The molecule has 4 heteroatoms. The number of carbonyl (C=O) groups is 2. The number of ketones is 1. The number of benzene rings is 1. The van der Waals surface area contributed by atoms with E-state index >= 15 is 0 Å². The van der Waals surface area contributed by atoms with E-state index in [2.05, 4.69) is 20.8 Å². The summed E-state index contributed by atoms with van der Waals surface area (Å²) in [7, 11) is 0. The van der Waals surface area contributed by atoms with Gasteiger partial charge in [0.1, 0.15) is 5.60 Å². The summed E-state index contributed by atoms with van der Waals surface area (Å²) in [5.74, 6) is 2.84. The molecule has 9 atom stereocenters. The molecule has 0 radical (unpaired) electrons. The van der Waals surface area contributed by atoms with Crippen molar-refractivity contribution in [3.63, 3.8) is 0 Å². The van der Waals surface area contributed by atoms with Crippen molar-refractivity contribution in [3.8, 4) is 0 Å². The van der Waals surface area contributed by atoms with E-state index < -0.39 is 11.6 Å². The van der Waals surface area contributed by atoms with Crippen LogP contribution in [0.4, 0.5) is 0 Å². The number of carboxylic acids is 1. The molecule has 4 aliphatic rings. The maximum atomic E-state index is 13.2. The lowest BCUT2D eigenvalue weighted by molar-refractivity contribution is -0.163. The maximum absolute atomic E-state index is 13.2. The van der Waals surface area contributed by atoms with Gasteiger partial charge in [-0.3, -0.25) is 9.59 Å². The summed E-state index contributed by atoms with van der Waals surface area (Å²) in [4.78, 5) is 24.4. The fourth-order valence-corrected chi connectivity index (χ4v) is 9.89. The van der Waals surface area contributed by atoms with E-state index in [0.717, 1.165) is 36.7 Å². The molecule has 0 aliphatic heterocycles. The van der Waals surface area contributed by atoms with E-state index in [-0.39, 0.29) is 17.6 Å². The molecule has 4 fully saturated rings. The summed E-state index contributed by atoms with van der Waals surface area (Å²) in [6.45, 7) is 7.29. The minimum absolute atomic E-state index is 0.134. The van der Waals surface area contributed by atoms with Crippen molar-refractivity contribution in [3.05, 3.63) is 42.0 Å². The van der Waals surface area contributed by atoms with Gasteiger partial charge in [0.25, 0.3) is 0 Å². The molecule has 2 N–H and O–H groups in total. The lowest BCUT2D eigenvalue weighted by Crippen LogP contribution is -2.57. The lowest BCUT2D eigenvalue weighted by Gasteiger charge is -2.62. The molecule has 0 aromatic heterocycles. The largest absolute Gasteiger partial charge is 0.481 e. The van der Waals surface area contributed by atoms with E-state index in [4.69, 9.17) is 0 Å². The number of fused-ring (bicyclic) bond motifs is 5. The number of carbonyl (C=O) groups excluding carboxylic acids is 1. The molecule has 4 nitrogen and oxygen atoms in total. The average molecular weight is 507 g/mol. The minimum atomic E-state index is -1.23. The Labute approximate surface area is 222 Å². The fraction of sp³-hybridized carbons (Fsp3) is 0.697. The van der Waals surface area contributed by atoms with Crippen molar-refractivity contribution in [1.29, 1.82) is 0 Å². The number of aliphatic carboxylic acids is 1. The van der Waals surface area contributed by atoms with Crippen molar-refractivity contribution in [1.82, 2.24) is 0 Å². The van der Waals surface area contributed by atoms with Crippen LogP contribution in [0.2, 0.25) is 0 Å². The van der Waals surface area contributed by atoms with E-state index in [1.165, 1.54) is 32.1 Å². The lowest BCUT2D eigenvalue weighted by atomic mass is 9.43. The van der Waals surface area contributed by atoms with Gasteiger partial charge < -0.3 is 10.2 Å². The topological polar surface area (TPSA) is 74.6 Å². The SMILES string of the molecule is C[C@H](CCC(=O)O)[C@H]1CC[C@H]2[C@@H]3CCC4C[C@@](O)(C(=O)C=Cc5ccccc5)CC[C@]4(C)[C@H]3CC[C@]12C. The Hall–Kier alpha value is -1.94. The van der Waals surface area contributed by atoms with Crippen LogP contribution < -0.4 is 0 Å². The smallest absolute Gasteiger partial charge is 0.303 e. The van der Waals surface area contributed by atoms with Crippen molar-refractivity contribution in [2.45, 2.75) is 97.0 Å². The van der Waals surface area contributed by atoms with Crippen LogP contribution in [0.1, 0.15) is 97.0 Å². The summed E-state index contributed by atoms with van der Waals surface area (Å²) in [6, 6.07) is 9.84. The van der Waals surface area contributed by atoms with Crippen LogP contribution in [-0.2, 0) is 9.59 Å². The Morgan fingerprint density at radius 1 is 0.973 bits per heavy atom. The predicted octanol–water partition coefficient (Wildman–Crippen LogP) is 7.16. The highest BCUT2D eigenvalue weighted by molar-refractivity contribution is 6.00. The zero-order valence-corrected chi connectivity index (χ0v) is 23.0. The third-order valence-corrected chi connectivity index (χ3v) is 12.0. The zero-order valence-electron chi connectivity index (χ0n) is 23.0. The van der Waals surface area contributed by atoms with Crippen LogP contribution in [0, 0.1) is 46.3 Å². The summed E-state index contributed by atoms with van der Waals surface area (Å²) in [5, 5.41) is 20.7. The number of aliphatic hydroxyl groups is 1. The Balaban J connectivity index is 1.28. The maximum Gasteiger partial charge on any atom is 0.303 e. The summed E-state index contributed by atoms with van der Waals surface area (Å²) < 4.78 is 0. The Bertz CT molecular complexity index is 1030. The third kappa shape index (κ3) is 4.73. The number of hydrogen-bond donors (Lipinski definition) is 2. The fourth-order valence-electron chi connectivity index (χ4n) is 9.89. The molecule has 5 rings (SSSR count). The molecule has 0 heterocycles. The second kappa shape index (κ2) is 9.98. The van der Waals surface area contributed by atoms with Crippen molar-refractivity contribution in [2.75, 3.05) is 0 Å². The van der Waals surface area contributed by atoms with Crippen LogP contribution in [0.5, 0.6) is 0 Å². The van der Waals surface area contributed by atoms with Gasteiger partial charge >= 0.3 is 5.97 Å². The zero-order chi connectivity index (χ0) is 26.4. The van der Waals surface area contributed by atoms with Gasteiger partial charge in [-0.05, 0) is 122 Å². The minimum Gasteiger partial charge on any atom is -0.481 e. The standard InChI is InChI=1S/C33H46O4/c1-22(9-16-30(35)36)26-13-14-27-25-12-11-24-21-33(37,29(34)15-10-23-7-5-4-6-8-23)20-19-31(24,2)28(25)17-18-32(26,27)3/h4-8,10,15,22,24-28,37H,9,11-14,16-21H2,1-3H3,(H,35,36)/t22-,24?,25+,26-,27+,28+,31+,32-,33-/m1/s1. The Kier molecular flexibility index (Phi) is 7.19.